The number of H-pyrrole nitrogens is 1. The van der Waals surface area contributed by atoms with E-state index in [2.05, 4.69) is 15.3 Å². The Kier molecular flexibility index (Phi) is 4.97. The summed E-state index contributed by atoms with van der Waals surface area (Å²) in [5.74, 6) is -0.436. The molecule has 0 aliphatic rings. The molecule has 1 atom stereocenters. The van der Waals surface area contributed by atoms with Crippen molar-refractivity contribution in [2.24, 2.45) is 0 Å². The normalized spacial score (nSPS) is 12.2. The molecule has 0 aromatic carbocycles. The number of carboxylic acid groups (broad SMARTS) is 1. The largest absolute Gasteiger partial charge is 0.480 e. The van der Waals surface area contributed by atoms with Gasteiger partial charge in [-0.25, -0.2) is 9.78 Å². The molecule has 2 rings (SSSR count). The molecule has 0 aliphatic carbocycles. The number of rotatable bonds is 6. The molecule has 112 valence electrons. The van der Waals surface area contributed by atoms with Crippen LogP contribution in [0.1, 0.15) is 12.7 Å². The maximum atomic E-state index is 11.8. The zero-order chi connectivity index (χ0) is 15.4. The highest BCUT2D eigenvalue weighted by molar-refractivity contribution is 7.98. The quantitative estimate of drug-likeness (QED) is 0.724. The van der Waals surface area contributed by atoms with Crippen molar-refractivity contribution in [3.05, 3.63) is 27.6 Å². The summed E-state index contributed by atoms with van der Waals surface area (Å²) in [6, 6.07) is 0.810. The van der Waals surface area contributed by atoms with Crippen molar-refractivity contribution in [1.29, 1.82) is 0 Å². The molecule has 2 aromatic heterocycles. The maximum absolute atomic E-state index is 11.8. The number of hydrogen-bond donors (Lipinski definition) is 3. The van der Waals surface area contributed by atoms with Gasteiger partial charge in [0.15, 0.2) is 0 Å². The number of nitrogens with zero attached hydrogens (tertiary/aromatic N) is 1. The van der Waals surface area contributed by atoms with Crippen molar-refractivity contribution in [3.63, 3.8) is 0 Å². The molecule has 0 saturated carbocycles. The van der Waals surface area contributed by atoms with Gasteiger partial charge in [-0.05, 0) is 11.4 Å². The molecule has 1 amide bonds. The number of aromatic amines is 1. The van der Waals surface area contributed by atoms with Crippen molar-refractivity contribution in [1.82, 2.24) is 15.3 Å². The van der Waals surface area contributed by atoms with E-state index in [1.54, 1.807) is 11.4 Å². The lowest BCUT2D eigenvalue weighted by Crippen LogP contribution is -2.41. The first-order valence-corrected chi connectivity index (χ1v) is 8.05. The lowest BCUT2D eigenvalue weighted by Gasteiger charge is -2.12. The topological polar surface area (TPSA) is 112 Å². The van der Waals surface area contributed by atoms with E-state index in [-0.39, 0.29) is 11.3 Å². The Morgan fingerprint density at radius 3 is 3.00 bits per heavy atom. The average Bonchev–Trinajstić information content (AvgIpc) is 2.85. The Labute approximate surface area is 127 Å². The van der Waals surface area contributed by atoms with E-state index in [9.17, 15) is 14.4 Å². The third kappa shape index (κ3) is 4.05. The molecule has 0 fully saturated rings. The molecule has 0 radical (unpaired) electrons. The van der Waals surface area contributed by atoms with Crippen LogP contribution in [0.3, 0.4) is 0 Å². The van der Waals surface area contributed by atoms with Crippen LogP contribution in [0.15, 0.2) is 16.2 Å². The first kappa shape index (κ1) is 15.5. The molecule has 7 nitrogen and oxygen atoms in total. The van der Waals surface area contributed by atoms with Gasteiger partial charge in [0.25, 0.3) is 5.56 Å². The van der Waals surface area contributed by atoms with Gasteiger partial charge >= 0.3 is 5.97 Å². The predicted octanol–water partition coefficient (Wildman–Crippen LogP) is 0.807. The fourth-order valence-corrected chi connectivity index (χ4v) is 3.32. The monoisotopic (exact) mass is 327 g/mol. The number of hydrogen-bond acceptors (Lipinski definition) is 6. The molecule has 0 aliphatic heterocycles. The fraction of sp³-hybridized carbons (Fsp3) is 0.333. The lowest BCUT2D eigenvalue weighted by molar-refractivity contribution is -0.140. The molecule has 2 aromatic rings. The third-order valence-corrected chi connectivity index (χ3v) is 4.51. The van der Waals surface area contributed by atoms with Gasteiger partial charge in [-0.15, -0.1) is 11.3 Å². The van der Waals surface area contributed by atoms with Crippen molar-refractivity contribution in [2.75, 3.05) is 5.75 Å². The minimum atomic E-state index is -1.09. The molecule has 9 heteroatoms. The minimum absolute atomic E-state index is 0.192. The van der Waals surface area contributed by atoms with Gasteiger partial charge in [-0.2, -0.15) is 11.8 Å². The number of aliphatic carboxylic acids is 1. The van der Waals surface area contributed by atoms with Crippen LogP contribution in [0.5, 0.6) is 0 Å². The van der Waals surface area contributed by atoms with Crippen LogP contribution in [0.4, 0.5) is 0 Å². The summed E-state index contributed by atoms with van der Waals surface area (Å²) in [5.41, 5.74) is 0.443. The smallest absolute Gasteiger partial charge is 0.327 e. The van der Waals surface area contributed by atoms with E-state index in [1.165, 1.54) is 30.0 Å². The summed E-state index contributed by atoms with van der Waals surface area (Å²) in [6.45, 7) is 1.27. The molecule has 0 unspecified atom stereocenters. The summed E-state index contributed by atoms with van der Waals surface area (Å²) >= 11 is 2.60. The fourth-order valence-electron chi connectivity index (χ4n) is 1.68. The standard InChI is InChI=1S/C12H13N3O4S2/c1-6(16)13-8(12(18)19)4-20-5-9-14-7-2-3-21-10(7)11(17)15-9/h2-3,8H,4-5H2,1H3,(H,13,16)(H,18,19)(H,14,15,17)/t8-/m0/s1. The maximum Gasteiger partial charge on any atom is 0.327 e. The Morgan fingerprint density at radius 2 is 2.33 bits per heavy atom. The van der Waals surface area contributed by atoms with Gasteiger partial charge in [0.1, 0.15) is 16.6 Å². The first-order valence-electron chi connectivity index (χ1n) is 6.01. The second-order valence-corrected chi connectivity index (χ2v) is 6.20. The van der Waals surface area contributed by atoms with Crippen LogP contribution >= 0.6 is 23.1 Å². The van der Waals surface area contributed by atoms with Crippen LogP contribution in [-0.4, -0.2) is 38.7 Å². The number of thioether (sulfide) groups is 1. The van der Waals surface area contributed by atoms with Crippen LogP contribution in [-0.2, 0) is 15.3 Å². The first-order chi connectivity index (χ1) is 9.97. The highest BCUT2D eigenvalue weighted by atomic mass is 32.2. The van der Waals surface area contributed by atoms with Gasteiger partial charge in [0.2, 0.25) is 5.91 Å². The summed E-state index contributed by atoms with van der Waals surface area (Å²) < 4.78 is 0.574. The summed E-state index contributed by atoms with van der Waals surface area (Å²) in [6.07, 6.45) is 0. The number of carboxylic acids is 1. The van der Waals surface area contributed by atoms with Crippen LogP contribution in [0, 0.1) is 0 Å². The number of carbonyl (C=O) groups is 2. The molecule has 0 bridgehead atoms. The Balaban J connectivity index is 1.99. The summed E-state index contributed by atoms with van der Waals surface area (Å²) in [4.78, 5) is 40.6. The van der Waals surface area contributed by atoms with Gasteiger partial charge in [-0.1, -0.05) is 0 Å². The van der Waals surface area contributed by atoms with Crippen LogP contribution in [0.25, 0.3) is 10.2 Å². The number of thiophene rings is 1. The average molecular weight is 327 g/mol. The van der Waals surface area contributed by atoms with Gasteiger partial charge < -0.3 is 15.4 Å². The Morgan fingerprint density at radius 1 is 1.57 bits per heavy atom. The minimum Gasteiger partial charge on any atom is -0.480 e. The van der Waals surface area contributed by atoms with Crippen molar-refractivity contribution in [3.8, 4) is 0 Å². The number of amides is 1. The molecular weight excluding hydrogens is 314 g/mol. The molecule has 0 saturated heterocycles. The van der Waals surface area contributed by atoms with E-state index >= 15 is 0 Å². The zero-order valence-electron chi connectivity index (χ0n) is 11.1. The highest BCUT2D eigenvalue weighted by Crippen LogP contribution is 2.16. The lowest BCUT2D eigenvalue weighted by atomic mass is 10.3. The van der Waals surface area contributed by atoms with Gasteiger partial charge in [0, 0.05) is 12.7 Å². The highest BCUT2D eigenvalue weighted by Gasteiger charge is 2.18. The van der Waals surface area contributed by atoms with E-state index in [4.69, 9.17) is 5.11 Å². The van der Waals surface area contributed by atoms with Crippen molar-refractivity contribution < 1.29 is 14.7 Å². The number of nitrogens with one attached hydrogen (secondary N) is 2. The van der Waals surface area contributed by atoms with Crippen LogP contribution in [0.2, 0.25) is 0 Å². The van der Waals surface area contributed by atoms with E-state index in [1.807, 2.05) is 0 Å². The Hall–Kier alpha value is -1.87. The number of fused-ring (bicyclic) bond motifs is 1. The third-order valence-electron chi connectivity index (χ3n) is 2.56. The number of aromatic nitrogens is 2. The molecule has 21 heavy (non-hydrogen) atoms. The van der Waals surface area contributed by atoms with Gasteiger partial charge in [0.05, 0.1) is 11.3 Å². The van der Waals surface area contributed by atoms with E-state index in [0.717, 1.165) is 0 Å². The zero-order valence-corrected chi connectivity index (χ0v) is 12.7. The second kappa shape index (κ2) is 6.72. The van der Waals surface area contributed by atoms with E-state index < -0.39 is 17.9 Å². The summed E-state index contributed by atoms with van der Waals surface area (Å²) in [5, 5.41) is 13.1. The molecule has 3 N–H and O–H groups in total. The van der Waals surface area contributed by atoms with Crippen molar-refractivity contribution in [2.45, 2.75) is 18.7 Å². The van der Waals surface area contributed by atoms with Gasteiger partial charge in [-0.3, -0.25) is 9.59 Å². The van der Waals surface area contributed by atoms with Crippen molar-refractivity contribution >= 4 is 45.2 Å². The van der Waals surface area contributed by atoms with Crippen LogP contribution < -0.4 is 10.9 Å². The molecule has 0 spiro atoms. The molecular formula is C12H13N3O4S2. The molecule has 2 heterocycles. The second-order valence-electron chi connectivity index (χ2n) is 4.25. The number of carbonyl (C=O) groups excluding carboxylic acids is 1. The SMILES string of the molecule is CC(=O)N[C@@H](CSCc1nc2ccsc2c(=O)[nH]1)C(=O)O. The summed E-state index contributed by atoms with van der Waals surface area (Å²) in [7, 11) is 0. The predicted molar refractivity (Wildman–Crippen MR) is 81.6 cm³/mol. The Bertz CT molecular complexity index is 725. The van der Waals surface area contributed by atoms with E-state index in [0.29, 0.717) is 21.8 Å².